The summed E-state index contributed by atoms with van der Waals surface area (Å²) in [4.78, 5) is 11.9. The molecule has 0 fully saturated rings. The Hall–Kier alpha value is -2.50. The van der Waals surface area contributed by atoms with Crippen LogP contribution in [0.5, 0.6) is 5.75 Å². The Bertz CT molecular complexity index is 593. The molecular formula is C14H17N3O3. The summed E-state index contributed by atoms with van der Waals surface area (Å²) in [5, 5.41) is 4.07. The van der Waals surface area contributed by atoms with Crippen molar-refractivity contribution in [3.05, 3.63) is 41.7 Å². The number of aryl methyl sites for hydroxylation is 2. The van der Waals surface area contributed by atoms with Crippen LogP contribution in [0.1, 0.15) is 16.2 Å². The third-order valence-corrected chi connectivity index (χ3v) is 2.79. The third-order valence-electron chi connectivity index (χ3n) is 2.79. The number of anilines is 1. The number of nitrogen functional groups attached to an aromatic ring is 1. The molecule has 20 heavy (non-hydrogen) atoms. The largest absolute Gasteiger partial charge is 0.490 e. The molecule has 2 aromatic rings. The van der Waals surface area contributed by atoms with Crippen LogP contribution in [0.15, 0.2) is 30.3 Å². The molecule has 1 aromatic carbocycles. The molecule has 0 unspecified atom stereocenters. The van der Waals surface area contributed by atoms with Gasteiger partial charge in [0.15, 0.2) is 5.69 Å². The molecule has 0 radical (unpaired) electrons. The fourth-order valence-electron chi connectivity index (χ4n) is 1.80. The van der Waals surface area contributed by atoms with Gasteiger partial charge in [0.05, 0.1) is 11.4 Å². The molecule has 1 heterocycles. The summed E-state index contributed by atoms with van der Waals surface area (Å²) in [5.41, 5.74) is 7.01. The lowest BCUT2D eigenvalue weighted by Crippen LogP contribution is -2.16. The zero-order chi connectivity index (χ0) is 14.5. The number of ether oxygens (including phenoxy) is 2. The first-order chi connectivity index (χ1) is 9.59. The number of esters is 1. The van der Waals surface area contributed by atoms with Crippen molar-refractivity contribution in [1.29, 1.82) is 0 Å². The van der Waals surface area contributed by atoms with Crippen LogP contribution in [0.25, 0.3) is 0 Å². The average Bonchev–Trinajstić information content (AvgIpc) is 2.69. The molecule has 106 valence electrons. The molecule has 0 saturated heterocycles. The molecule has 0 aliphatic rings. The van der Waals surface area contributed by atoms with Gasteiger partial charge < -0.3 is 15.2 Å². The fourth-order valence-corrected chi connectivity index (χ4v) is 1.80. The molecule has 0 aliphatic heterocycles. The van der Waals surface area contributed by atoms with Gasteiger partial charge >= 0.3 is 5.97 Å². The zero-order valence-corrected chi connectivity index (χ0v) is 11.5. The van der Waals surface area contributed by atoms with Gasteiger partial charge in [0, 0.05) is 7.05 Å². The Morgan fingerprint density at radius 3 is 2.60 bits per heavy atom. The standard InChI is InChI=1S/C14H17N3O3/c1-10-12(15)13(17(2)16-10)14(18)20-9-8-19-11-6-4-3-5-7-11/h3-7H,8-9,15H2,1-2H3. The van der Waals surface area contributed by atoms with Crippen molar-refractivity contribution in [2.75, 3.05) is 18.9 Å². The molecule has 6 heteroatoms. The summed E-state index contributed by atoms with van der Waals surface area (Å²) in [6, 6.07) is 9.33. The highest BCUT2D eigenvalue weighted by Gasteiger charge is 2.19. The van der Waals surface area contributed by atoms with Gasteiger partial charge in [-0.2, -0.15) is 5.10 Å². The number of para-hydroxylation sites is 1. The fraction of sp³-hybridized carbons (Fsp3) is 0.286. The average molecular weight is 275 g/mol. The molecule has 0 atom stereocenters. The number of benzene rings is 1. The van der Waals surface area contributed by atoms with Gasteiger partial charge in [-0.25, -0.2) is 4.79 Å². The number of nitrogens with two attached hydrogens (primary N) is 1. The second-order valence-corrected chi connectivity index (χ2v) is 4.27. The second-order valence-electron chi connectivity index (χ2n) is 4.27. The molecule has 2 rings (SSSR count). The summed E-state index contributed by atoms with van der Waals surface area (Å²) >= 11 is 0. The first-order valence-electron chi connectivity index (χ1n) is 6.23. The van der Waals surface area contributed by atoms with Gasteiger partial charge in [-0.1, -0.05) is 18.2 Å². The minimum Gasteiger partial charge on any atom is -0.490 e. The Morgan fingerprint density at radius 2 is 2.00 bits per heavy atom. The summed E-state index contributed by atoms with van der Waals surface area (Å²) in [6.07, 6.45) is 0. The smallest absolute Gasteiger partial charge is 0.358 e. The van der Waals surface area contributed by atoms with Crippen LogP contribution < -0.4 is 10.5 Å². The van der Waals surface area contributed by atoms with Gasteiger partial charge in [-0.3, -0.25) is 4.68 Å². The topological polar surface area (TPSA) is 79.4 Å². The minimum absolute atomic E-state index is 0.150. The van der Waals surface area contributed by atoms with Gasteiger partial charge in [0.25, 0.3) is 0 Å². The van der Waals surface area contributed by atoms with E-state index >= 15 is 0 Å². The number of carbonyl (C=O) groups is 1. The number of nitrogens with zero attached hydrogens (tertiary/aromatic N) is 2. The predicted octanol–water partition coefficient (Wildman–Crippen LogP) is 1.55. The van der Waals surface area contributed by atoms with E-state index in [1.807, 2.05) is 30.3 Å². The second kappa shape index (κ2) is 6.10. The molecule has 0 spiro atoms. The molecule has 1 aromatic heterocycles. The maximum absolute atomic E-state index is 11.9. The van der Waals surface area contributed by atoms with E-state index in [1.165, 1.54) is 4.68 Å². The van der Waals surface area contributed by atoms with E-state index in [0.717, 1.165) is 5.75 Å². The van der Waals surface area contributed by atoms with Crippen molar-refractivity contribution in [2.45, 2.75) is 6.92 Å². The Balaban J connectivity index is 1.84. The number of aromatic nitrogens is 2. The number of rotatable bonds is 5. The number of carbonyl (C=O) groups excluding carboxylic acids is 1. The monoisotopic (exact) mass is 275 g/mol. The van der Waals surface area contributed by atoms with E-state index in [1.54, 1.807) is 14.0 Å². The maximum Gasteiger partial charge on any atom is 0.358 e. The van der Waals surface area contributed by atoms with E-state index in [-0.39, 0.29) is 18.9 Å². The van der Waals surface area contributed by atoms with Gasteiger partial charge in [-0.05, 0) is 19.1 Å². The summed E-state index contributed by atoms with van der Waals surface area (Å²) in [7, 11) is 1.65. The highest BCUT2D eigenvalue weighted by atomic mass is 16.6. The van der Waals surface area contributed by atoms with Gasteiger partial charge in [0.1, 0.15) is 19.0 Å². The lowest BCUT2D eigenvalue weighted by atomic mass is 10.3. The number of hydrogen-bond donors (Lipinski definition) is 1. The zero-order valence-electron chi connectivity index (χ0n) is 11.5. The lowest BCUT2D eigenvalue weighted by molar-refractivity contribution is 0.0439. The van der Waals surface area contributed by atoms with Crippen LogP contribution in [0.4, 0.5) is 5.69 Å². The van der Waals surface area contributed by atoms with E-state index < -0.39 is 5.97 Å². The van der Waals surface area contributed by atoms with Crippen LogP contribution in [-0.2, 0) is 11.8 Å². The van der Waals surface area contributed by atoms with Crippen molar-refractivity contribution in [1.82, 2.24) is 9.78 Å². The SMILES string of the molecule is Cc1nn(C)c(C(=O)OCCOc2ccccc2)c1N. The third kappa shape index (κ3) is 3.09. The molecule has 0 amide bonds. The van der Waals surface area contributed by atoms with Crippen LogP contribution in [0.2, 0.25) is 0 Å². The van der Waals surface area contributed by atoms with E-state index in [9.17, 15) is 4.79 Å². The van der Waals surface area contributed by atoms with Crippen LogP contribution in [-0.4, -0.2) is 29.0 Å². The Kier molecular flexibility index (Phi) is 4.24. The van der Waals surface area contributed by atoms with Crippen LogP contribution in [0.3, 0.4) is 0 Å². The van der Waals surface area contributed by atoms with E-state index in [2.05, 4.69) is 5.10 Å². The highest BCUT2D eigenvalue weighted by Crippen LogP contribution is 2.16. The van der Waals surface area contributed by atoms with Gasteiger partial charge in [-0.15, -0.1) is 0 Å². The van der Waals surface area contributed by atoms with Crippen molar-refractivity contribution in [3.63, 3.8) is 0 Å². The first kappa shape index (κ1) is 13.9. The lowest BCUT2D eigenvalue weighted by Gasteiger charge is -2.07. The molecule has 2 N–H and O–H groups in total. The summed E-state index contributed by atoms with van der Waals surface area (Å²) in [6.45, 7) is 2.18. The van der Waals surface area contributed by atoms with Crippen molar-refractivity contribution in [3.8, 4) is 5.75 Å². The summed E-state index contributed by atoms with van der Waals surface area (Å²) < 4.78 is 12.0. The maximum atomic E-state index is 11.9. The minimum atomic E-state index is -0.498. The quantitative estimate of drug-likeness (QED) is 0.661. The van der Waals surface area contributed by atoms with Crippen LogP contribution >= 0.6 is 0 Å². The van der Waals surface area contributed by atoms with Crippen molar-refractivity contribution >= 4 is 11.7 Å². The molecular weight excluding hydrogens is 258 g/mol. The summed E-state index contributed by atoms with van der Waals surface area (Å²) in [5.74, 6) is 0.238. The molecule has 0 aliphatic carbocycles. The predicted molar refractivity (Wildman–Crippen MR) is 74.6 cm³/mol. The Labute approximate surface area is 117 Å². The van der Waals surface area contributed by atoms with E-state index in [4.69, 9.17) is 15.2 Å². The van der Waals surface area contributed by atoms with Crippen LogP contribution in [0, 0.1) is 6.92 Å². The van der Waals surface area contributed by atoms with Crippen molar-refractivity contribution < 1.29 is 14.3 Å². The normalized spacial score (nSPS) is 10.3. The Morgan fingerprint density at radius 1 is 1.30 bits per heavy atom. The highest BCUT2D eigenvalue weighted by molar-refractivity contribution is 5.93. The molecule has 0 bridgehead atoms. The van der Waals surface area contributed by atoms with Gasteiger partial charge in [0.2, 0.25) is 0 Å². The first-order valence-corrected chi connectivity index (χ1v) is 6.23. The molecule has 6 nitrogen and oxygen atoms in total. The van der Waals surface area contributed by atoms with Crippen molar-refractivity contribution in [2.24, 2.45) is 7.05 Å². The van der Waals surface area contributed by atoms with E-state index in [0.29, 0.717) is 11.4 Å². The number of hydrogen-bond acceptors (Lipinski definition) is 5. The molecule has 0 saturated carbocycles.